The summed E-state index contributed by atoms with van der Waals surface area (Å²) in [4.78, 5) is 21.2. The summed E-state index contributed by atoms with van der Waals surface area (Å²) in [5.41, 5.74) is 0.547. The van der Waals surface area contributed by atoms with Crippen LogP contribution < -0.4 is 5.32 Å². The molecule has 20 heavy (non-hydrogen) atoms. The van der Waals surface area contributed by atoms with Gasteiger partial charge in [0, 0.05) is 15.3 Å². The molecule has 6 nitrogen and oxygen atoms in total. The first kappa shape index (κ1) is 14.3. The molecule has 0 aliphatic heterocycles. The van der Waals surface area contributed by atoms with Gasteiger partial charge in [-0.3, -0.25) is 10.1 Å². The second-order valence-electron chi connectivity index (χ2n) is 3.93. The molecule has 2 aromatic carbocycles. The second-order valence-corrected chi connectivity index (χ2v) is 5.17. The average Bonchev–Trinajstić information content (AvgIpc) is 2.41. The topological polar surface area (TPSA) is 92.5 Å². The number of benzene rings is 2. The van der Waals surface area contributed by atoms with Gasteiger partial charge in [0.25, 0.3) is 5.69 Å². The minimum Gasteiger partial charge on any atom is -0.478 e. The van der Waals surface area contributed by atoms with Crippen LogP contribution >= 0.6 is 22.6 Å². The fraction of sp³-hybridized carbons (Fsp3) is 0. The fourth-order valence-corrected chi connectivity index (χ4v) is 1.97. The lowest BCUT2D eigenvalue weighted by Gasteiger charge is -2.07. The van der Waals surface area contributed by atoms with Gasteiger partial charge in [-0.15, -0.1) is 0 Å². The smallest absolute Gasteiger partial charge is 0.335 e. The number of nitrogens with zero attached hydrogens (tertiary/aromatic N) is 1. The number of nitro benzene ring substituents is 1. The molecule has 2 N–H and O–H groups in total. The third-order valence-electron chi connectivity index (χ3n) is 2.56. The average molecular weight is 384 g/mol. The Morgan fingerprint density at radius 2 is 1.85 bits per heavy atom. The van der Waals surface area contributed by atoms with E-state index in [-0.39, 0.29) is 16.9 Å². The Morgan fingerprint density at radius 3 is 2.40 bits per heavy atom. The highest BCUT2D eigenvalue weighted by molar-refractivity contribution is 14.1. The minimum absolute atomic E-state index is 0.120. The summed E-state index contributed by atoms with van der Waals surface area (Å²) in [5, 5.41) is 22.8. The van der Waals surface area contributed by atoms with E-state index in [2.05, 4.69) is 27.9 Å². The van der Waals surface area contributed by atoms with E-state index in [1.807, 2.05) is 12.1 Å². The summed E-state index contributed by atoms with van der Waals surface area (Å²) in [7, 11) is 0. The molecule has 0 fully saturated rings. The maximum atomic E-state index is 11.0. The lowest BCUT2D eigenvalue weighted by Crippen LogP contribution is -2.01. The van der Waals surface area contributed by atoms with E-state index in [0.717, 1.165) is 9.64 Å². The monoisotopic (exact) mass is 384 g/mol. The lowest BCUT2D eigenvalue weighted by atomic mass is 10.1. The largest absolute Gasteiger partial charge is 0.478 e. The molecule has 0 atom stereocenters. The molecular weight excluding hydrogens is 375 g/mol. The van der Waals surface area contributed by atoms with Crippen molar-refractivity contribution in [2.24, 2.45) is 0 Å². The number of hydrogen-bond donors (Lipinski definition) is 2. The lowest BCUT2D eigenvalue weighted by molar-refractivity contribution is -0.383. The van der Waals surface area contributed by atoms with Crippen LogP contribution in [0, 0.1) is 13.7 Å². The number of aromatic carboxylic acids is 1. The van der Waals surface area contributed by atoms with E-state index < -0.39 is 10.9 Å². The molecule has 0 radical (unpaired) electrons. The van der Waals surface area contributed by atoms with Crippen LogP contribution in [0.5, 0.6) is 0 Å². The van der Waals surface area contributed by atoms with E-state index in [1.54, 1.807) is 12.1 Å². The molecule has 0 saturated carbocycles. The molecule has 0 saturated heterocycles. The van der Waals surface area contributed by atoms with Crippen molar-refractivity contribution in [3.05, 3.63) is 61.7 Å². The number of anilines is 2. The Balaban J connectivity index is 2.38. The summed E-state index contributed by atoms with van der Waals surface area (Å²) < 4.78 is 1.05. The van der Waals surface area contributed by atoms with Crippen molar-refractivity contribution >= 4 is 45.6 Å². The molecule has 0 amide bonds. The Kier molecular flexibility index (Phi) is 4.18. The first-order valence-electron chi connectivity index (χ1n) is 5.51. The van der Waals surface area contributed by atoms with Gasteiger partial charge in [-0.1, -0.05) is 0 Å². The third-order valence-corrected chi connectivity index (χ3v) is 3.28. The second kappa shape index (κ2) is 5.87. The van der Waals surface area contributed by atoms with Gasteiger partial charge in [-0.2, -0.15) is 0 Å². The maximum Gasteiger partial charge on any atom is 0.335 e. The van der Waals surface area contributed by atoms with Crippen LogP contribution in [0.25, 0.3) is 0 Å². The molecule has 7 heteroatoms. The van der Waals surface area contributed by atoms with Gasteiger partial charge in [-0.05, 0) is 59.0 Å². The molecule has 0 unspecified atom stereocenters. The highest BCUT2D eigenvalue weighted by atomic mass is 127. The minimum atomic E-state index is -1.20. The van der Waals surface area contributed by atoms with Crippen LogP contribution in [-0.4, -0.2) is 16.0 Å². The summed E-state index contributed by atoms with van der Waals surface area (Å²) in [5.74, 6) is -1.20. The number of carboxylic acid groups (broad SMARTS) is 1. The quantitative estimate of drug-likeness (QED) is 0.477. The van der Waals surface area contributed by atoms with E-state index in [9.17, 15) is 14.9 Å². The van der Waals surface area contributed by atoms with E-state index >= 15 is 0 Å². The molecule has 2 rings (SSSR count). The van der Waals surface area contributed by atoms with Gasteiger partial charge >= 0.3 is 5.97 Å². The van der Waals surface area contributed by atoms with Gasteiger partial charge in [0.05, 0.1) is 10.5 Å². The van der Waals surface area contributed by atoms with Gasteiger partial charge in [-0.25, -0.2) is 4.79 Å². The number of carboxylic acids is 1. The van der Waals surface area contributed by atoms with Crippen molar-refractivity contribution in [1.29, 1.82) is 0 Å². The van der Waals surface area contributed by atoms with Crippen molar-refractivity contribution in [3.63, 3.8) is 0 Å². The van der Waals surface area contributed by atoms with Crippen molar-refractivity contribution in [2.75, 3.05) is 5.32 Å². The zero-order valence-corrected chi connectivity index (χ0v) is 12.2. The zero-order chi connectivity index (χ0) is 14.7. The zero-order valence-electron chi connectivity index (χ0n) is 10.0. The highest BCUT2D eigenvalue weighted by Gasteiger charge is 2.17. The van der Waals surface area contributed by atoms with Crippen LogP contribution in [-0.2, 0) is 0 Å². The summed E-state index contributed by atoms with van der Waals surface area (Å²) in [6, 6.07) is 11.1. The Hall–Kier alpha value is -2.16. The van der Waals surface area contributed by atoms with E-state index in [1.165, 1.54) is 12.1 Å². The van der Waals surface area contributed by atoms with Crippen molar-refractivity contribution in [1.82, 2.24) is 0 Å². The van der Waals surface area contributed by atoms with Crippen molar-refractivity contribution in [2.45, 2.75) is 0 Å². The van der Waals surface area contributed by atoms with Crippen LogP contribution in [0.4, 0.5) is 17.1 Å². The van der Waals surface area contributed by atoms with Gasteiger partial charge < -0.3 is 10.4 Å². The Labute approximate surface area is 127 Å². The fourth-order valence-electron chi connectivity index (χ4n) is 1.61. The van der Waals surface area contributed by atoms with Gasteiger partial charge in [0.1, 0.15) is 5.69 Å². The maximum absolute atomic E-state index is 11.0. The molecule has 0 aliphatic rings. The number of halogens is 1. The van der Waals surface area contributed by atoms with Crippen LogP contribution in [0.15, 0.2) is 42.5 Å². The normalized spacial score (nSPS) is 10.1. The van der Waals surface area contributed by atoms with E-state index in [0.29, 0.717) is 5.69 Å². The predicted molar refractivity (Wildman–Crippen MR) is 82.5 cm³/mol. The Bertz CT molecular complexity index is 671. The van der Waals surface area contributed by atoms with Gasteiger partial charge in [0.2, 0.25) is 0 Å². The molecule has 0 aromatic heterocycles. The first-order chi connectivity index (χ1) is 9.47. The number of nitrogens with one attached hydrogen (secondary N) is 1. The first-order valence-corrected chi connectivity index (χ1v) is 6.59. The summed E-state index contributed by atoms with van der Waals surface area (Å²) in [6.45, 7) is 0. The molecule has 0 heterocycles. The van der Waals surface area contributed by atoms with Crippen LogP contribution in [0.2, 0.25) is 0 Å². The Morgan fingerprint density at radius 1 is 1.20 bits per heavy atom. The van der Waals surface area contributed by atoms with Crippen molar-refractivity contribution < 1.29 is 14.8 Å². The molecular formula is C13H9IN2O4. The van der Waals surface area contributed by atoms with E-state index in [4.69, 9.17) is 5.11 Å². The van der Waals surface area contributed by atoms with Gasteiger partial charge in [0.15, 0.2) is 0 Å². The molecule has 0 spiro atoms. The molecule has 0 aliphatic carbocycles. The predicted octanol–water partition coefficient (Wildman–Crippen LogP) is 3.64. The van der Waals surface area contributed by atoms with Crippen LogP contribution in [0.1, 0.15) is 10.4 Å². The number of hydrogen-bond acceptors (Lipinski definition) is 4. The third kappa shape index (κ3) is 3.23. The van der Waals surface area contributed by atoms with Crippen molar-refractivity contribution in [3.8, 4) is 0 Å². The molecule has 102 valence electrons. The number of carbonyl (C=O) groups is 1. The molecule has 2 aromatic rings. The number of nitro groups is 1. The SMILES string of the molecule is O=C(O)c1ccc(Nc2ccc(I)cc2)c([N+](=O)[O-])c1. The van der Waals surface area contributed by atoms with Crippen LogP contribution in [0.3, 0.4) is 0 Å². The molecule has 0 bridgehead atoms. The summed E-state index contributed by atoms with van der Waals surface area (Å²) in [6.07, 6.45) is 0. The summed E-state index contributed by atoms with van der Waals surface area (Å²) >= 11 is 2.16. The highest BCUT2D eigenvalue weighted by Crippen LogP contribution is 2.28. The standard InChI is InChI=1S/C13H9IN2O4/c14-9-2-4-10(5-3-9)15-11-6-1-8(13(17)18)7-12(11)16(19)20/h1-7,15H,(H,17,18). The number of rotatable bonds is 4.